The molecular weight excluding hydrogens is 348 g/mol. The predicted octanol–water partition coefficient (Wildman–Crippen LogP) is 2.71. The van der Waals surface area contributed by atoms with Gasteiger partial charge in [0.2, 0.25) is 5.91 Å². The van der Waals surface area contributed by atoms with Crippen molar-refractivity contribution in [2.24, 2.45) is 0 Å². The zero-order chi connectivity index (χ0) is 18.3. The van der Waals surface area contributed by atoms with E-state index in [0.29, 0.717) is 12.1 Å². The predicted molar refractivity (Wildman–Crippen MR) is 102 cm³/mol. The van der Waals surface area contributed by atoms with Gasteiger partial charge in [0.25, 0.3) is 10.0 Å². The number of fused-ring (bicyclic) bond motifs is 2. The van der Waals surface area contributed by atoms with Gasteiger partial charge in [-0.25, -0.2) is 8.42 Å². The number of likely N-dealkylation sites (N-methyl/N-ethyl adjacent to an activating group) is 1. The summed E-state index contributed by atoms with van der Waals surface area (Å²) < 4.78 is 28.1. The number of hydrogen-bond donors (Lipinski definition) is 1. The summed E-state index contributed by atoms with van der Waals surface area (Å²) in [4.78, 5) is 12.5. The Morgan fingerprint density at radius 1 is 1.00 bits per heavy atom. The number of carbonyl (C=O) groups excluding carboxylic acids is 1. The molecule has 1 heterocycles. The van der Waals surface area contributed by atoms with Crippen LogP contribution in [0.3, 0.4) is 0 Å². The van der Waals surface area contributed by atoms with Crippen molar-refractivity contribution in [1.82, 2.24) is 5.32 Å². The first-order chi connectivity index (χ1) is 12.5. The van der Waals surface area contributed by atoms with E-state index in [9.17, 15) is 13.2 Å². The van der Waals surface area contributed by atoms with Gasteiger partial charge in [-0.1, -0.05) is 48.5 Å². The van der Waals surface area contributed by atoms with E-state index in [0.717, 1.165) is 16.3 Å². The molecule has 3 aromatic carbocycles. The molecule has 1 atom stereocenters. The van der Waals surface area contributed by atoms with E-state index in [4.69, 9.17) is 0 Å². The lowest BCUT2D eigenvalue weighted by Crippen LogP contribution is -2.47. The Balaban J connectivity index is 1.87. The number of para-hydroxylation sites is 1. The van der Waals surface area contributed by atoms with Crippen LogP contribution in [-0.4, -0.2) is 27.4 Å². The first kappa shape index (κ1) is 16.6. The first-order valence-corrected chi connectivity index (χ1v) is 9.79. The third kappa shape index (κ3) is 2.54. The SMILES string of the molecule is CNC(=O)[C@H]1Cc2ccccc2N1S(=O)(=O)c1ccc2ccccc2c1. The minimum Gasteiger partial charge on any atom is -0.357 e. The van der Waals surface area contributed by atoms with Crippen LogP contribution in [0.4, 0.5) is 5.69 Å². The smallest absolute Gasteiger partial charge is 0.265 e. The van der Waals surface area contributed by atoms with Gasteiger partial charge in [0.15, 0.2) is 0 Å². The Morgan fingerprint density at radius 2 is 1.69 bits per heavy atom. The van der Waals surface area contributed by atoms with Crippen molar-refractivity contribution in [3.05, 3.63) is 72.3 Å². The van der Waals surface area contributed by atoms with E-state index in [-0.39, 0.29) is 10.8 Å². The standard InChI is InChI=1S/C20H18N2O3S/c1-21-20(23)19-13-16-8-4-5-9-18(16)22(19)26(24,25)17-11-10-14-6-2-3-7-15(14)12-17/h2-12,19H,13H2,1H3,(H,21,23)/t19-/m1/s1. The second-order valence-electron chi connectivity index (χ2n) is 6.27. The molecule has 0 spiro atoms. The molecule has 1 aliphatic rings. The number of amides is 1. The van der Waals surface area contributed by atoms with E-state index < -0.39 is 16.1 Å². The van der Waals surface area contributed by atoms with Crippen molar-refractivity contribution >= 4 is 32.4 Å². The van der Waals surface area contributed by atoms with Crippen LogP contribution in [0.1, 0.15) is 5.56 Å². The first-order valence-electron chi connectivity index (χ1n) is 8.35. The average Bonchev–Trinajstić information content (AvgIpc) is 3.07. The number of benzene rings is 3. The van der Waals surface area contributed by atoms with E-state index in [2.05, 4.69) is 5.32 Å². The van der Waals surface area contributed by atoms with Crippen LogP contribution in [0.2, 0.25) is 0 Å². The maximum absolute atomic E-state index is 13.4. The second kappa shape index (κ2) is 6.14. The van der Waals surface area contributed by atoms with Gasteiger partial charge in [-0.2, -0.15) is 0 Å². The van der Waals surface area contributed by atoms with Gasteiger partial charge < -0.3 is 5.32 Å². The van der Waals surface area contributed by atoms with E-state index in [1.165, 1.54) is 11.4 Å². The minimum atomic E-state index is -3.88. The number of rotatable bonds is 3. The van der Waals surface area contributed by atoms with Crippen LogP contribution in [0, 0.1) is 0 Å². The Morgan fingerprint density at radius 3 is 2.46 bits per heavy atom. The molecule has 1 aliphatic heterocycles. The zero-order valence-corrected chi connectivity index (χ0v) is 15.0. The maximum Gasteiger partial charge on any atom is 0.265 e. The van der Waals surface area contributed by atoms with Gasteiger partial charge in [-0.05, 0) is 34.5 Å². The summed E-state index contributed by atoms with van der Waals surface area (Å²) in [6, 6.07) is 19.1. The lowest BCUT2D eigenvalue weighted by atomic mass is 10.1. The van der Waals surface area contributed by atoms with Gasteiger partial charge >= 0.3 is 0 Å². The molecule has 6 heteroatoms. The minimum absolute atomic E-state index is 0.182. The molecule has 0 saturated carbocycles. The van der Waals surface area contributed by atoms with Crippen molar-refractivity contribution in [2.45, 2.75) is 17.4 Å². The van der Waals surface area contributed by atoms with Crippen LogP contribution in [0.25, 0.3) is 10.8 Å². The zero-order valence-electron chi connectivity index (χ0n) is 14.2. The molecule has 3 aromatic rings. The van der Waals surface area contributed by atoms with Crippen LogP contribution < -0.4 is 9.62 Å². The monoisotopic (exact) mass is 366 g/mol. The molecule has 0 saturated heterocycles. The van der Waals surface area contributed by atoms with Crippen molar-refractivity contribution < 1.29 is 13.2 Å². The third-order valence-electron chi connectivity index (χ3n) is 4.75. The fourth-order valence-electron chi connectivity index (χ4n) is 3.46. The summed E-state index contributed by atoms with van der Waals surface area (Å²) in [6.45, 7) is 0. The highest BCUT2D eigenvalue weighted by atomic mass is 32.2. The Kier molecular flexibility index (Phi) is 3.92. The van der Waals surface area contributed by atoms with E-state index in [1.54, 1.807) is 30.3 Å². The second-order valence-corrected chi connectivity index (χ2v) is 8.09. The van der Waals surface area contributed by atoms with Crippen molar-refractivity contribution in [2.75, 3.05) is 11.4 Å². The Labute approximate surface area is 152 Å². The van der Waals surface area contributed by atoms with Crippen molar-refractivity contribution in [3.8, 4) is 0 Å². The van der Waals surface area contributed by atoms with Crippen LogP contribution >= 0.6 is 0 Å². The molecule has 0 fully saturated rings. The summed E-state index contributed by atoms with van der Waals surface area (Å²) in [6.07, 6.45) is 0.364. The Bertz CT molecular complexity index is 1110. The topological polar surface area (TPSA) is 66.5 Å². The number of hydrogen-bond acceptors (Lipinski definition) is 3. The summed E-state index contributed by atoms with van der Waals surface area (Å²) in [5.41, 5.74) is 1.42. The van der Waals surface area contributed by atoms with Crippen LogP contribution in [0.5, 0.6) is 0 Å². The number of nitrogens with zero attached hydrogens (tertiary/aromatic N) is 1. The highest BCUT2D eigenvalue weighted by Gasteiger charge is 2.41. The largest absolute Gasteiger partial charge is 0.357 e. The van der Waals surface area contributed by atoms with Gasteiger partial charge in [-0.3, -0.25) is 9.10 Å². The van der Waals surface area contributed by atoms with Gasteiger partial charge in [0, 0.05) is 13.5 Å². The molecule has 26 heavy (non-hydrogen) atoms. The fourth-order valence-corrected chi connectivity index (χ4v) is 5.15. The molecule has 1 N–H and O–H groups in total. The maximum atomic E-state index is 13.4. The molecule has 0 aromatic heterocycles. The molecule has 0 unspecified atom stereocenters. The molecule has 1 amide bonds. The Hall–Kier alpha value is -2.86. The molecule has 0 aliphatic carbocycles. The molecule has 5 nitrogen and oxygen atoms in total. The van der Waals surface area contributed by atoms with E-state index in [1.807, 2.05) is 36.4 Å². The van der Waals surface area contributed by atoms with Gasteiger partial charge in [-0.15, -0.1) is 0 Å². The summed E-state index contributed by atoms with van der Waals surface area (Å²) in [5.74, 6) is -0.314. The van der Waals surface area contributed by atoms with Gasteiger partial charge in [0.05, 0.1) is 10.6 Å². The lowest BCUT2D eigenvalue weighted by molar-refractivity contribution is -0.121. The average molecular weight is 366 g/mol. The van der Waals surface area contributed by atoms with Crippen molar-refractivity contribution in [3.63, 3.8) is 0 Å². The molecule has 0 bridgehead atoms. The van der Waals surface area contributed by atoms with Crippen LogP contribution in [-0.2, 0) is 21.2 Å². The summed E-state index contributed by atoms with van der Waals surface area (Å²) >= 11 is 0. The van der Waals surface area contributed by atoms with Crippen LogP contribution in [0.15, 0.2) is 71.6 Å². The lowest BCUT2D eigenvalue weighted by Gasteiger charge is -2.26. The number of nitrogens with one attached hydrogen (secondary N) is 1. The van der Waals surface area contributed by atoms with Crippen molar-refractivity contribution in [1.29, 1.82) is 0 Å². The highest BCUT2D eigenvalue weighted by Crippen LogP contribution is 2.37. The normalized spacial score (nSPS) is 16.5. The van der Waals surface area contributed by atoms with Gasteiger partial charge in [0.1, 0.15) is 6.04 Å². The highest BCUT2D eigenvalue weighted by molar-refractivity contribution is 7.93. The number of anilines is 1. The fraction of sp³-hybridized carbons (Fsp3) is 0.150. The quantitative estimate of drug-likeness (QED) is 0.775. The molecule has 0 radical (unpaired) electrons. The molecule has 132 valence electrons. The molecular formula is C20H18N2O3S. The molecule has 4 rings (SSSR count). The third-order valence-corrected chi connectivity index (χ3v) is 6.57. The summed E-state index contributed by atoms with van der Waals surface area (Å²) in [5, 5.41) is 4.39. The van der Waals surface area contributed by atoms with E-state index >= 15 is 0 Å². The summed E-state index contributed by atoms with van der Waals surface area (Å²) in [7, 11) is -2.36. The number of sulfonamides is 1. The number of carbonyl (C=O) groups is 1.